The van der Waals surface area contributed by atoms with Gasteiger partial charge in [-0.25, -0.2) is 0 Å². The number of nitrogens with one attached hydrogen (secondary N) is 2. The zero-order chi connectivity index (χ0) is 23.0. The Bertz CT molecular complexity index is 1080. The fourth-order valence-corrected chi connectivity index (χ4v) is 4.99. The highest BCUT2D eigenvalue weighted by atomic mass is 35.6. The molecule has 6 nitrogen and oxygen atoms in total. The summed E-state index contributed by atoms with van der Waals surface area (Å²) in [6.07, 6.45) is -0.0221. The molecule has 1 fully saturated rings. The van der Waals surface area contributed by atoms with Crippen LogP contribution in [-0.4, -0.2) is 43.5 Å². The molecule has 2 bridgehead atoms. The monoisotopic (exact) mass is 512 g/mol. The summed E-state index contributed by atoms with van der Waals surface area (Å²) in [6.45, 7) is 3.92. The lowest BCUT2D eigenvalue weighted by molar-refractivity contribution is 0.0932. The molecule has 2 aromatic rings. The van der Waals surface area contributed by atoms with Crippen molar-refractivity contribution in [2.24, 2.45) is 5.92 Å². The molecule has 1 aromatic heterocycles. The second-order valence-electron chi connectivity index (χ2n) is 8.37. The normalized spacial score (nSPS) is 20.8. The number of hydrogen-bond donors (Lipinski definition) is 2. The SMILES string of the molecule is Cc1ccc(C(=O)N[C@H](NC(=S)N2C[C@@H]3C[C@H](C2)c2cccc(=O)n2C3)C(Cl)(Cl)Cl)cc1. The average molecular weight is 514 g/mol. The number of likely N-dealkylation sites (tertiary alicyclic amines) is 1. The molecule has 0 radical (unpaired) electrons. The number of fused-ring (bicyclic) bond motifs is 4. The Balaban J connectivity index is 1.47. The van der Waals surface area contributed by atoms with Crippen molar-refractivity contribution in [3.8, 4) is 0 Å². The molecular formula is C22H23Cl3N4O2S. The molecule has 0 spiro atoms. The molecule has 0 unspecified atom stereocenters. The summed E-state index contributed by atoms with van der Waals surface area (Å²) in [5.74, 6) is 0.0967. The lowest BCUT2D eigenvalue weighted by atomic mass is 9.83. The highest BCUT2D eigenvalue weighted by Crippen LogP contribution is 2.35. The molecule has 1 amide bonds. The van der Waals surface area contributed by atoms with E-state index in [0.29, 0.717) is 30.3 Å². The second kappa shape index (κ2) is 9.21. The number of benzene rings is 1. The number of aryl methyl sites for hydroxylation is 1. The Morgan fingerprint density at radius 2 is 1.81 bits per heavy atom. The number of hydrogen-bond acceptors (Lipinski definition) is 3. The van der Waals surface area contributed by atoms with Crippen molar-refractivity contribution in [2.75, 3.05) is 13.1 Å². The van der Waals surface area contributed by atoms with Crippen molar-refractivity contribution in [1.29, 1.82) is 0 Å². The topological polar surface area (TPSA) is 66.4 Å². The van der Waals surface area contributed by atoms with E-state index >= 15 is 0 Å². The van der Waals surface area contributed by atoms with Crippen LogP contribution in [0, 0.1) is 12.8 Å². The van der Waals surface area contributed by atoms with E-state index in [2.05, 4.69) is 10.6 Å². The summed E-state index contributed by atoms with van der Waals surface area (Å²) in [7, 11) is 0. The van der Waals surface area contributed by atoms with Gasteiger partial charge >= 0.3 is 0 Å². The number of pyridine rings is 1. The van der Waals surface area contributed by atoms with Gasteiger partial charge in [-0.2, -0.15) is 0 Å². The van der Waals surface area contributed by atoms with Gasteiger partial charge in [0.1, 0.15) is 6.17 Å². The highest BCUT2D eigenvalue weighted by molar-refractivity contribution is 7.80. The van der Waals surface area contributed by atoms with Gasteiger partial charge < -0.3 is 20.1 Å². The molecule has 0 saturated carbocycles. The Morgan fingerprint density at radius 3 is 2.50 bits per heavy atom. The molecule has 3 heterocycles. The van der Waals surface area contributed by atoms with E-state index in [1.807, 2.05) is 34.6 Å². The summed E-state index contributed by atoms with van der Waals surface area (Å²) in [4.78, 5) is 26.9. The minimum atomic E-state index is -1.82. The van der Waals surface area contributed by atoms with Crippen LogP contribution in [0.5, 0.6) is 0 Å². The van der Waals surface area contributed by atoms with Gasteiger partial charge in [-0.05, 0) is 49.7 Å². The molecule has 3 atom stereocenters. The van der Waals surface area contributed by atoms with Gasteiger partial charge in [0.15, 0.2) is 5.11 Å². The third-order valence-corrected chi connectivity index (χ3v) is 6.98. The first kappa shape index (κ1) is 23.4. The molecule has 2 N–H and O–H groups in total. The summed E-state index contributed by atoms with van der Waals surface area (Å²) in [6, 6.07) is 12.5. The predicted octanol–water partition coefficient (Wildman–Crippen LogP) is 3.58. The van der Waals surface area contributed by atoms with Crippen LogP contribution < -0.4 is 16.2 Å². The molecule has 2 aliphatic rings. The summed E-state index contributed by atoms with van der Waals surface area (Å²) < 4.78 is 0.0363. The van der Waals surface area contributed by atoms with Crippen molar-refractivity contribution >= 4 is 58.0 Å². The summed E-state index contributed by atoms with van der Waals surface area (Å²) >= 11 is 24.1. The molecule has 32 heavy (non-hydrogen) atoms. The third-order valence-electron chi connectivity index (χ3n) is 5.95. The quantitative estimate of drug-likeness (QED) is 0.373. The predicted molar refractivity (Wildman–Crippen MR) is 132 cm³/mol. The lowest BCUT2D eigenvalue weighted by Crippen LogP contribution is -2.60. The highest BCUT2D eigenvalue weighted by Gasteiger charge is 2.39. The van der Waals surface area contributed by atoms with E-state index < -0.39 is 9.96 Å². The van der Waals surface area contributed by atoms with E-state index in [9.17, 15) is 9.59 Å². The number of alkyl halides is 3. The van der Waals surface area contributed by atoms with Crippen molar-refractivity contribution < 1.29 is 4.79 Å². The number of carbonyl (C=O) groups is 1. The van der Waals surface area contributed by atoms with Crippen molar-refractivity contribution in [1.82, 2.24) is 20.1 Å². The van der Waals surface area contributed by atoms with Crippen molar-refractivity contribution in [2.45, 2.75) is 35.8 Å². The van der Waals surface area contributed by atoms with Crippen LogP contribution in [0.1, 0.15) is 34.0 Å². The Hall–Kier alpha value is -1.80. The minimum absolute atomic E-state index is 0.0291. The lowest BCUT2D eigenvalue weighted by Gasteiger charge is -2.44. The first-order chi connectivity index (χ1) is 15.1. The zero-order valence-electron chi connectivity index (χ0n) is 17.4. The molecule has 1 saturated heterocycles. The molecule has 4 rings (SSSR count). The van der Waals surface area contributed by atoms with Gasteiger partial charge in [-0.1, -0.05) is 58.6 Å². The standard InChI is InChI=1S/C22H23Cl3N4O2S/c1-13-5-7-15(8-6-13)19(31)26-20(22(23,24)25)27-21(32)28-10-14-9-16(12-28)17-3-2-4-18(30)29(17)11-14/h2-8,14,16,20H,9-12H2,1H3,(H,26,31)(H,27,32)/t14-,16+,20+/m0/s1. The van der Waals surface area contributed by atoms with Gasteiger partial charge in [0.25, 0.3) is 11.5 Å². The van der Waals surface area contributed by atoms with Gasteiger partial charge in [0.2, 0.25) is 3.79 Å². The van der Waals surface area contributed by atoms with Crippen molar-refractivity contribution in [3.05, 3.63) is 69.6 Å². The number of thiocarbonyl (C=S) groups is 1. The number of amides is 1. The van der Waals surface area contributed by atoms with E-state index in [0.717, 1.165) is 17.7 Å². The zero-order valence-corrected chi connectivity index (χ0v) is 20.4. The molecule has 2 aliphatic heterocycles. The van der Waals surface area contributed by atoms with E-state index in [-0.39, 0.29) is 23.3 Å². The van der Waals surface area contributed by atoms with Crippen molar-refractivity contribution in [3.63, 3.8) is 0 Å². The largest absolute Gasteiger partial charge is 0.348 e. The number of aromatic nitrogens is 1. The Morgan fingerprint density at radius 1 is 1.09 bits per heavy atom. The molecule has 0 aliphatic carbocycles. The van der Waals surface area contributed by atoms with E-state index in [1.54, 1.807) is 24.3 Å². The molecule has 1 aromatic carbocycles. The van der Waals surface area contributed by atoms with Crippen LogP contribution in [0.25, 0.3) is 0 Å². The molecule has 170 valence electrons. The van der Waals surface area contributed by atoms with Gasteiger partial charge in [-0.15, -0.1) is 0 Å². The van der Waals surface area contributed by atoms with Crippen LogP contribution in [-0.2, 0) is 6.54 Å². The van der Waals surface area contributed by atoms with E-state index in [4.69, 9.17) is 47.0 Å². The smallest absolute Gasteiger partial charge is 0.252 e. The number of carbonyl (C=O) groups excluding carboxylic acids is 1. The van der Waals surface area contributed by atoms with Gasteiger partial charge in [-0.3, -0.25) is 9.59 Å². The number of halogens is 3. The average Bonchev–Trinajstić information content (AvgIpc) is 2.73. The van der Waals surface area contributed by atoms with Crippen LogP contribution in [0.15, 0.2) is 47.3 Å². The number of rotatable bonds is 3. The number of nitrogens with zero attached hydrogens (tertiary/aromatic N) is 2. The maximum Gasteiger partial charge on any atom is 0.252 e. The maximum absolute atomic E-state index is 12.7. The second-order valence-corrected chi connectivity index (χ2v) is 11.1. The van der Waals surface area contributed by atoms with Gasteiger partial charge in [0, 0.05) is 42.9 Å². The first-order valence-corrected chi connectivity index (χ1v) is 11.9. The van der Waals surface area contributed by atoms with Crippen LogP contribution in [0.2, 0.25) is 0 Å². The van der Waals surface area contributed by atoms with Crippen LogP contribution in [0.3, 0.4) is 0 Å². The minimum Gasteiger partial charge on any atom is -0.348 e. The third kappa shape index (κ3) is 5.06. The van der Waals surface area contributed by atoms with Crippen LogP contribution >= 0.6 is 47.0 Å². The van der Waals surface area contributed by atoms with Crippen LogP contribution in [0.4, 0.5) is 0 Å². The number of piperidine rings is 1. The molecule has 10 heteroatoms. The fourth-order valence-electron chi connectivity index (χ4n) is 4.40. The van der Waals surface area contributed by atoms with E-state index in [1.165, 1.54) is 0 Å². The molecular weight excluding hydrogens is 491 g/mol. The van der Waals surface area contributed by atoms with Gasteiger partial charge in [0.05, 0.1) is 0 Å². The maximum atomic E-state index is 12.7. The Kier molecular flexibility index (Phi) is 6.73. The fraction of sp³-hybridized carbons (Fsp3) is 0.409. The Labute approximate surface area is 206 Å². The summed E-state index contributed by atoms with van der Waals surface area (Å²) in [5.41, 5.74) is 2.55. The first-order valence-electron chi connectivity index (χ1n) is 10.3. The summed E-state index contributed by atoms with van der Waals surface area (Å²) in [5, 5.41) is 6.15.